The molecule has 0 unspecified atom stereocenters. The standard InChI is InChI=1S/C17H17ClO4S/c1-12-3-10-17(16(18)11-12)23(20,21)22-15-8-6-14(7-9-15)5-4-13(2)19/h3,6-11H,4-5H2,1-2H3. The molecule has 0 saturated carbocycles. The second-order valence-corrected chi connectivity index (χ2v) is 7.24. The van der Waals surface area contributed by atoms with E-state index in [-0.39, 0.29) is 21.5 Å². The van der Waals surface area contributed by atoms with E-state index in [2.05, 4.69) is 0 Å². The first kappa shape index (κ1) is 17.5. The topological polar surface area (TPSA) is 60.4 Å². The second-order valence-electron chi connectivity index (χ2n) is 5.32. The molecule has 0 aromatic heterocycles. The van der Waals surface area contributed by atoms with Crippen LogP contribution in [0.2, 0.25) is 5.02 Å². The van der Waals surface area contributed by atoms with Crippen molar-refractivity contribution in [3.8, 4) is 5.75 Å². The van der Waals surface area contributed by atoms with Gasteiger partial charge in [0.1, 0.15) is 16.4 Å². The highest BCUT2D eigenvalue weighted by Crippen LogP contribution is 2.26. The molecule has 6 heteroatoms. The van der Waals surface area contributed by atoms with Gasteiger partial charge in [0.2, 0.25) is 0 Å². The molecule has 0 N–H and O–H groups in total. The van der Waals surface area contributed by atoms with E-state index >= 15 is 0 Å². The van der Waals surface area contributed by atoms with Crippen LogP contribution in [0.5, 0.6) is 5.75 Å². The molecule has 0 bridgehead atoms. The molecule has 0 aliphatic heterocycles. The predicted octanol–water partition coefficient (Wildman–Crippen LogP) is 3.94. The fourth-order valence-electron chi connectivity index (χ4n) is 2.01. The summed E-state index contributed by atoms with van der Waals surface area (Å²) >= 11 is 5.99. The lowest BCUT2D eigenvalue weighted by Crippen LogP contribution is -2.10. The number of rotatable bonds is 6. The van der Waals surface area contributed by atoms with Gasteiger partial charge >= 0.3 is 10.1 Å². The molecule has 23 heavy (non-hydrogen) atoms. The van der Waals surface area contributed by atoms with Crippen molar-refractivity contribution in [2.75, 3.05) is 0 Å². The number of halogens is 1. The molecule has 2 aromatic rings. The van der Waals surface area contributed by atoms with Crippen molar-refractivity contribution in [2.45, 2.75) is 31.6 Å². The van der Waals surface area contributed by atoms with Crippen LogP contribution in [-0.2, 0) is 21.3 Å². The van der Waals surface area contributed by atoms with Gasteiger partial charge in [-0.3, -0.25) is 0 Å². The Morgan fingerprint density at radius 2 is 1.78 bits per heavy atom. The summed E-state index contributed by atoms with van der Waals surface area (Å²) in [5.74, 6) is 0.315. The van der Waals surface area contributed by atoms with Gasteiger partial charge in [-0.05, 0) is 55.7 Å². The van der Waals surface area contributed by atoms with Crippen molar-refractivity contribution in [3.05, 3.63) is 58.6 Å². The van der Waals surface area contributed by atoms with Gasteiger partial charge in [-0.1, -0.05) is 29.8 Å². The van der Waals surface area contributed by atoms with E-state index in [0.29, 0.717) is 12.8 Å². The summed E-state index contributed by atoms with van der Waals surface area (Å²) in [7, 11) is -3.99. The largest absolute Gasteiger partial charge is 0.379 e. The minimum absolute atomic E-state index is 0.0644. The highest BCUT2D eigenvalue weighted by molar-refractivity contribution is 7.87. The number of carbonyl (C=O) groups excluding carboxylic acids is 1. The molecule has 0 spiro atoms. The lowest BCUT2D eigenvalue weighted by atomic mass is 10.1. The number of hydrogen-bond donors (Lipinski definition) is 0. The summed E-state index contributed by atoms with van der Waals surface area (Å²) in [6, 6.07) is 11.3. The van der Waals surface area contributed by atoms with Gasteiger partial charge in [0.25, 0.3) is 0 Å². The first-order valence-electron chi connectivity index (χ1n) is 7.07. The Bertz CT molecular complexity index is 811. The van der Waals surface area contributed by atoms with E-state index < -0.39 is 10.1 Å². The van der Waals surface area contributed by atoms with Crippen molar-refractivity contribution >= 4 is 27.5 Å². The molecule has 0 heterocycles. The van der Waals surface area contributed by atoms with E-state index in [1.807, 2.05) is 6.92 Å². The van der Waals surface area contributed by atoms with Gasteiger partial charge in [0.15, 0.2) is 0 Å². The van der Waals surface area contributed by atoms with Crippen molar-refractivity contribution in [2.24, 2.45) is 0 Å². The van der Waals surface area contributed by atoms with Crippen LogP contribution in [0, 0.1) is 6.92 Å². The maximum Gasteiger partial charge on any atom is 0.340 e. The minimum Gasteiger partial charge on any atom is -0.379 e. The maximum atomic E-state index is 12.3. The molecule has 4 nitrogen and oxygen atoms in total. The van der Waals surface area contributed by atoms with E-state index in [9.17, 15) is 13.2 Å². The Morgan fingerprint density at radius 3 is 2.35 bits per heavy atom. The summed E-state index contributed by atoms with van der Waals surface area (Å²) in [5.41, 5.74) is 1.81. The third-order valence-electron chi connectivity index (χ3n) is 3.25. The van der Waals surface area contributed by atoms with Crippen LogP contribution in [0.25, 0.3) is 0 Å². The van der Waals surface area contributed by atoms with Gasteiger partial charge in [0, 0.05) is 6.42 Å². The van der Waals surface area contributed by atoms with E-state index in [0.717, 1.165) is 11.1 Å². The molecule has 0 saturated heterocycles. The Hall–Kier alpha value is -1.85. The summed E-state index contributed by atoms with van der Waals surface area (Å²) in [6.07, 6.45) is 1.07. The molecule has 0 fully saturated rings. The van der Waals surface area contributed by atoms with Crippen LogP contribution < -0.4 is 4.18 Å². The van der Waals surface area contributed by atoms with Gasteiger partial charge in [-0.15, -0.1) is 0 Å². The third kappa shape index (κ3) is 4.81. The van der Waals surface area contributed by atoms with Crippen molar-refractivity contribution in [1.82, 2.24) is 0 Å². The monoisotopic (exact) mass is 352 g/mol. The van der Waals surface area contributed by atoms with Crippen LogP contribution >= 0.6 is 11.6 Å². The summed E-state index contributed by atoms with van der Waals surface area (Å²) < 4.78 is 29.7. The van der Waals surface area contributed by atoms with Gasteiger partial charge in [-0.25, -0.2) is 0 Å². The van der Waals surface area contributed by atoms with Crippen LogP contribution in [0.15, 0.2) is 47.4 Å². The fourth-order valence-corrected chi connectivity index (χ4v) is 3.52. The lowest BCUT2D eigenvalue weighted by Gasteiger charge is -2.09. The quantitative estimate of drug-likeness (QED) is 0.739. The molecule has 0 radical (unpaired) electrons. The Morgan fingerprint density at radius 1 is 1.13 bits per heavy atom. The van der Waals surface area contributed by atoms with E-state index in [1.165, 1.54) is 13.0 Å². The molecule has 0 atom stereocenters. The Labute approximate surface area is 141 Å². The third-order valence-corrected chi connectivity index (χ3v) is 4.98. The number of carbonyl (C=O) groups is 1. The van der Waals surface area contributed by atoms with E-state index in [1.54, 1.807) is 36.4 Å². The average Bonchev–Trinajstić information content (AvgIpc) is 2.45. The molecule has 0 aliphatic carbocycles. The predicted molar refractivity (Wildman–Crippen MR) is 89.4 cm³/mol. The van der Waals surface area contributed by atoms with Gasteiger partial charge < -0.3 is 8.98 Å². The first-order valence-corrected chi connectivity index (χ1v) is 8.85. The number of Topliss-reactive ketones (excluding diaryl/α,β-unsaturated/α-hetero) is 1. The van der Waals surface area contributed by atoms with Crippen LogP contribution in [0.1, 0.15) is 24.5 Å². The molecule has 0 amide bonds. The Kier molecular flexibility index (Phi) is 5.44. The number of hydrogen-bond acceptors (Lipinski definition) is 4. The summed E-state index contributed by atoms with van der Waals surface area (Å²) in [6.45, 7) is 3.36. The molecular weight excluding hydrogens is 336 g/mol. The van der Waals surface area contributed by atoms with Crippen LogP contribution in [0.3, 0.4) is 0 Å². The summed E-state index contributed by atoms with van der Waals surface area (Å²) in [5, 5.41) is 0.128. The molecule has 0 aliphatic rings. The molecule has 122 valence electrons. The molecule has 2 aromatic carbocycles. The van der Waals surface area contributed by atoms with E-state index in [4.69, 9.17) is 15.8 Å². The second kappa shape index (κ2) is 7.15. The number of aryl methyl sites for hydroxylation is 2. The molecule has 2 rings (SSSR count). The average molecular weight is 353 g/mol. The normalized spacial score (nSPS) is 11.3. The van der Waals surface area contributed by atoms with Crippen LogP contribution in [0.4, 0.5) is 0 Å². The highest BCUT2D eigenvalue weighted by atomic mass is 35.5. The number of benzene rings is 2. The van der Waals surface area contributed by atoms with Crippen LogP contribution in [-0.4, -0.2) is 14.2 Å². The van der Waals surface area contributed by atoms with Crippen molar-refractivity contribution in [1.29, 1.82) is 0 Å². The zero-order chi connectivity index (χ0) is 17.0. The number of ketones is 1. The SMILES string of the molecule is CC(=O)CCc1ccc(OS(=O)(=O)c2ccc(C)cc2Cl)cc1. The minimum atomic E-state index is -3.99. The molecular formula is C17H17ClO4S. The zero-order valence-electron chi connectivity index (χ0n) is 12.9. The smallest absolute Gasteiger partial charge is 0.340 e. The fraction of sp³-hybridized carbons (Fsp3) is 0.235. The van der Waals surface area contributed by atoms with Gasteiger partial charge in [-0.2, -0.15) is 8.42 Å². The summed E-state index contributed by atoms with van der Waals surface area (Å²) in [4.78, 5) is 10.9. The maximum absolute atomic E-state index is 12.3. The highest BCUT2D eigenvalue weighted by Gasteiger charge is 2.20. The Balaban J connectivity index is 2.15. The first-order chi connectivity index (χ1) is 10.8. The van der Waals surface area contributed by atoms with Gasteiger partial charge in [0.05, 0.1) is 5.02 Å². The van der Waals surface area contributed by atoms with Crippen molar-refractivity contribution in [3.63, 3.8) is 0 Å². The zero-order valence-corrected chi connectivity index (χ0v) is 14.4. The van der Waals surface area contributed by atoms with Crippen molar-refractivity contribution < 1.29 is 17.4 Å². The lowest BCUT2D eigenvalue weighted by molar-refractivity contribution is -0.116.